The van der Waals surface area contributed by atoms with Crippen LogP contribution in [0.4, 0.5) is 4.79 Å². The first-order valence-electron chi connectivity index (χ1n) is 11.4. The number of amides is 2. The van der Waals surface area contributed by atoms with Crippen LogP contribution < -0.4 is 10.1 Å². The molecule has 0 spiro atoms. The molecular weight excluding hydrogens is 394 g/mol. The molecule has 2 amide bonds. The number of likely N-dealkylation sites (tertiary alicyclic amines) is 2. The van der Waals surface area contributed by atoms with E-state index in [9.17, 15) is 9.59 Å². The minimum atomic E-state index is -0.494. The Morgan fingerprint density at radius 3 is 2.29 bits per heavy atom. The first-order valence-corrected chi connectivity index (χ1v) is 11.4. The highest BCUT2D eigenvalue weighted by atomic mass is 16.6. The van der Waals surface area contributed by atoms with Crippen molar-refractivity contribution < 1.29 is 19.1 Å². The Labute approximate surface area is 186 Å². The molecule has 1 aromatic rings. The van der Waals surface area contributed by atoms with E-state index in [0.717, 1.165) is 38.2 Å². The fourth-order valence-corrected chi connectivity index (χ4v) is 4.28. The number of piperidine rings is 2. The Balaban J connectivity index is 1.39. The van der Waals surface area contributed by atoms with Crippen molar-refractivity contribution in [2.24, 2.45) is 5.92 Å². The number of rotatable bonds is 5. The lowest BCUT2D eigenvalue weighted by molar-refractivity contribution is -0.127. The van der Waals surface area contributed by atoms with Gasteiger partial charge in [-0.1, -0.05) is 18.2 Å². The number of hydrogen-bond donors (Lipinski definition) is 1. The Hall–Kier alpha value is -2.28. The van der Waals surface area contributed by atoms with Crippen LogP contribution in [0.25, 0.3) is 0 Å². The van der Waals surface area contributed by atoms with Gasteiger partial charge in [-0.2, -0.15) is 0 Å². The topological polar surface area (TPSA) is 71.1 Å². The first-order chi connectivity index (χ1) is 14.7. The molecule has 2 heterocycles. The number of nitrogens with one attached hydrogen (secondary N) is 1. The second-order valence-corrected chi connectivity index (χ2v) is 9.61. The molecule has 2 aliphatic heterocycles. The monoisotopic (exact) mass is 431 g/mol. The van der Waals surface area contributed by atoms with Crippen molar-refractivity contribution in [2.75, 3.05) is 33.3 Å². The molecule has 3 rings (SSSR count). The molecule has 2 saturated heterocycles. The van der Waals surface area contributed by atoms with E-state index >= 15 is 0 Å². The van der Waals surface area contributed by atoms with Gasteiger partial charge in [0, 0.05) is 50.2 Å². The summed E-state index contributed by atoms with van der Waals surface area (Å²) in [6.45, 7) is 9.54. The van der Waals surface area contributed by atoms with Crippen molar-refractivity contribution in [3.8, 4) is 5.75 Å². The molecule has 0 unspecified atom stereocenters. The van der Waals surface area contributed by atoms with Gasteiger partial charge in [-0.3, -0.25) is 9.69 Å². The van der Waals surface area contributed by atoms with Crippen LogP contribution in [0, 0.1) is 5.92 Å². The summed E-state index contributed by atoms with van der Waals surface area (Å²) in [6.07, 6.45) is 3.01. The smallest absolute Gasteiger partial charge is 0.410 e. The summed E-state index contributed by atoms with van der Waals surface area (Å²) in [5, 5.41) is 3.25. The minimum absolute atomic E-state index is 0.0229. The summed E-state index contributed by atoms with van der Waals surface area (Å²) >= 11 is 0. The molecule has 1 aromatic carbocycles. The van der Waals surface area contributed by atoms with Gasteiger partial charge >= 0.3 is 6.09 Å². The largest absolute Gasteiger partial charge is 0.496 e. The van der Waals surface area contributed by atoms with Crippen molar-refractivity contribution in [1.29, 1.82) is 0 Å². The molecule has 172 valence electrons. The highest BCUT2D eigenvalue weighted by molar-refractivity contribution is 5.79. The summed E-state index contributed by atoms with van der Waals surface area (Å²) in [5.74, 6) is 1.04. The average Bonchev–Trinajstić information content (AvgIpc) is 2.74. The molecule has 0 radical (unpaired) electrons. The van der Waals surface area contributed by atoms with Gasteiger partial charge in [0.15, 0.2) is 0 Å². The van der Waals surface area contributed by atoms with E-state index in [4.69, 9.17) is 9.47 Å². The summed E-state index contributed by atoms with van der Waals surface area (Å²) < 4.78 is 10.9. The predicted octanol–water partition coefficient (Wildman–Crippen LogP) is 3.42. The number of methoxy groups -OCH3 is 1. The van der Waals surface area contributed by atoms with E-state index in [2.05, 4.69) is 16.3 Å². The quantitative estimate of drug-likeness (QED) is 0.774. The number of carbonyl (C=O) groups is 2. The first kappa shape index (κ1) is 23.4. The molecule has 2 fully saturated rings. The van der Waals surface area contributed by atoms with Gasteiger partial charge < -0.3 is 19.7 Å². The number of benzene rings is 1. The van der Waals surface area contributed by atoms with Gasteiger partial charge in [0.25, 0.3) is 0 Å². The molecule has 2 aliphatic rings. The Morgan fingerprint density at radius 1 is 1.03 bits per heavy atom. The van der Waals surface area contributed by atoms with Crippen molar-refractivity contribution in [2.45, 2.75) is 64.6 Å². The van der Waals surface area contributed by atoms with Crippen molar-refractivity contribution >= 4 is 12.0 Å². The van der Waals surface area contributed by atoms with Crippen LogP contribution >= 0.6 is 0 Å². The second-order valence-electron chi connectivity index (χ2n) is 9.61. The molecular formula is C24H37N3O4. The molecule has 1 N–H and O–H groups in total. The number of ether oxygens (including phenoxy) is 2. The van der Waals surface area contributed by atoms with Crippen LogP contribution in [0.5, 0.6) is 5.75 Å². The van der Waals surface area contributed by atoms with Gasteiger partial charge in [0.05, 0.1) is 7.11 Å². The van der Waals surface area contributed by atoms with E-state index in [1.54, 1.807) is 12.0 Å². The van der Waals surface area contributed by atoms with E-state index in [1.165, 1.54) is 5.56 Å². The molecule has 0 bridgehead atoms. The van der Waals surface area contributed by atoms with Gasteiger partial charge in [-0.15, -0.1) is 0 Å². The number of hydrogen-bond acceptors (Lipinski definition) is 5. The Morgan fingerprint density at radius 2 is 1.68 bits per heavy atom. The van der Waals surface area contributed by atoms with E-state index < -0.39 is 5.60 Å². The van der Waals surface area contributed by atoms with Crippen LogP contribution in [-0.2, 0) is 16.1 Å². The van der Waals surface area contributed by atoms with Gasteiger partial charge in [0.2, 0.25) is 5.91 Å². The third-order valence-corrected chi connectivity index (χ3v) is 6.04. The summed E-state index contributed by atoms with van der Waals surface area (Å²) in [6, 6.07) is 8.36. The molecule has 0 aliphatic carbocycles. The van der Waals surface area contributed by atoms with E-state index in [-0.39, 0.29) is 24.0 Å². The predicted molar refractivity (Wildman–Crippen MR) is 120 cm³/mol. The molecule has 0 aromatic heterocycles. The maximum atomic E-state index is 12.8. The maximum Gasteiger partial charge on any atom is 0.410 e. The lowest BCUT2D eigenvalue weighted by Crippen LogP contribution is -2.49. The van der Waals surface area contributed by atoms with E-state index in [1.807, 2.05) is 39.0 Å². The molecule has 7 heteroatoms. The molecule has 0 saturated carbocycles. The van der Waals surface area contributed by atoms with E-state index in [0.29, 0.717) is 25.9 Å². The SMILES string of the molecule is COc1ccccc1CN1CCC(NC(=O)C2CCN(C(=O)OC(C)(C)C)CC2)CC1. The summed E-state index contributed by atoms with van der Waals surface area (Å²) in [7, 11) is 1.71. The fraction of sp³-hybridized carbons (Fsp3) is 0.667. The molecule has 7 nitrogen and oxygen atoms in total. The highest BCUT2D eigenvalue weighted by Crippen LogP contribution is 2.23. The average molecular weight is 432 g/mol. The fourth-order valence-electron chi connectivity index (χ4n) is 4.28. The van der Waals surface area contributed by atoms with Gasteiger partial charge in [-0.25, -0.2) is 4.79 Å². The van der Waals surface area contributed by atoms with Gasteiger partial charge in [0.1, 0.15) is 11.4 Å². The van der Waals surface area contributed by atoms with Crippen molar-refractivity contribution in [3.63, 3.8) is 0 Å². The normalized spacial score (nSPS) is 19.2. The zero-order valence-electron chi connectivity index (χ0n) is 19.4. The summed E-state index contributed by atoms with van der Waals surface area (Å²) in [4.78, 5) is 29.1. The van der Waals surface area contributed by atoms with Crippen LogP contribution in [0.3, 0.4) is 0 Å². The number of para-hydroxylation sites is 1. The van der Waals surface area contributed by atoms with Crippen molar-refractivity contribution in [3.05, 3.63) is 29.8 Å². The zero-order chi connectivity index (χ0) is 22.4. The number of nitrogens with zero attached hydrogens (tertiary/aromatic N) is 2. The third-order valence-electron chi connectivity index (χ3n) is 6.04. The van der Waals surface area contributed by atoms with Crippen LogP contribution in [0.1, 0.15) is 52.0 Å². The highest BCUT2D eigenvalue weighted by Gasteiger charge is 2.31. The lowest BCUT2D eigenvalue weighted by Gasteiger charge is -2.35. The number of carbonyl (C=O) groups excluding carboxylic acids is 2. The van der Waals surface area contributed by atoms with Gasteiger partial charge in [-0.05, 0) is 52.5 Å². The van der Waals surface area contributed by atoms with Crippen molar-refractivity contribution in [1.82, 2.24) is 15.1 Å². The Kier molecular flexibility index (Phi) is 7.81. The second kappa shape index (κ2) is 10.4. The molecule has 0 atom stereocenters. The minimum Gasteiger partial charge on any atom is -0.496 e. The standard InChI is InChI=1S/C24H37N3O4/c1-24(2,3)31-23(29)27-15-9-18(10-16-27)22(28)25-20-11-13-26(14-12-20)17-19-7-5-6-8-21(19)30-4/h5-8,18,20H,9-17H2,1-4H3,(H,25,28). The zero-order valence-corrected chi connectivity index (χ0v) is 19.4. The Bertz CT molecular complexity index is 745. The maximum absolute atomic E-state index is 12.8. The van der Waals surface area contributed by atoms with Crippen LogP contribution in [-0.4, -0.2) is 66.7 Å². The van der Waals surface area contributed by atoms with Crippen LogP contribution in [0.15, 0.2) is 24.3 Å². The lowest BCUT2D eigenvalue weighted by atomic mass is 9.95. The van der Waals surface area contributed by atoms with Crippen LogP contribution in [0.2, 0.25) is 0 Å². The molecule has 31 heavy (non-hydrogen) atoms. The third kappa shape index (κ3) is 6.86. The summed E-state index contributed by atoms with van der Waals surface area (Å²) in [5.41, 5.74) is 0.704.